The van der Waals surface area contributed by atoms with Crippen molar-refractivity contribution >= 4 is 5.97 Å². The molecule has 1 aliphatic heterocycles. The predicted molar refractivity (Wildman–Crippen MR) is 142 cm³/mol. The van der Waals surface area contributed by atoms with Gasteiger partial charge in [-0.15, -0.1) is 0 Å². The van der Waals surface area contributed by atoms with Crippen molar-refractivity contribution in [3.63, 3.8) is 0 Å². The van der Waals surface area contributed by atoms with E-state index in [0.29, 0.717) is 19.1 Å². The summed E-state index contributed by atoms with van der Waals surface area (Å²) in [6.45, 7) is 11.3. The molecule has 0 N–H and O–H groups in total. The van der Waals surface area contributed by atoms with Gasteiger partial charge in [0.2, 0.25) is 0 Å². The molecule has 0 unspecified atom stereocenters. The fourth-order valence-corrected chi connectivity index (χ4v) is 4.51. The van der Waals surface area contributed by atoms with E-state index in [4.69, 9.17) is 9.47 Å². The Balaban J connectivity index is 1.18. The molecule has 192 valence electrons. The zero-order chi connectivity index (χ0) is 24.7. The van der Waals surface area contributed by atoms with Crippen molar-refractivity contribution in [3.05, 3.63) is 65.7 Å². The van der Waals surface area contributed by atoms with E-state index in [0.717, 1.165) is 82.7 Å². The Morgan fingerprint density at radius 1 is 0.829 bits per heavy atom. The number of nitrogens with zero attached hydrogens (tertiary/aromatic N) is 2. The van der Waals surface area contributed by atoms with Gasteiger partial charge in [0.1, 0.15) is 12.4 Å². The summed E-state index contributed by atoms with van der Waals surface area (Å²) < 4.78 is 11.4. The van der Waals surface area contributed by atoms with Crippen LogP contribution in [0.15, 0.2) is 54.6 Å². The first-order valence-corrected chi connectivity index (χ1v) is 13.5. The second-order valence-electron chi connectivity index (χ2n) is 9.92. The highest BCUT2D eigenvalue weighted by Gasteiger charge is 2.18. The zero-order valence-corrected chi connectivity index (χ0v) is 21.8. The molecule has 2 aromatic rings. The monoisotopic (exact) mass is 480 g/mol. The third-order valence-electron chi connectivity index (χ3n) is 6.73. The first kappa shape index (κ1) is 27.2. The van der Waals surface area contributed by atoms with Gasteiger partial charge in [-0.05, 0) is 49.9 Å². The van der Waals surface area contributed by atoms with Gasteiger partial charge in [-0.2, -0.15) is 0 Å². The lowest BCUT2D eigenvalue weighted by Gasteiger charge is -2.36. The molecule has 5 heteroatoms. The summed E-state index contributed by atoms with van der Waals surface area (Å²) in [4.78, 5) is 17.0. The van der Waals surface area contributed by atoms with Gasteiger partial charge in [0.25, 0.3) is 0 Å². The SMILES string of the molecule is CC(C)N1CCN(Cc2cccc(OCCCCCCCCC(=O)OCc3ccccc3)c2)CC1. The Morgan fingerprint density at radius 2 is 1.51 bits per heavy atom. The van der Waals surface area contributed by atoms with E-state index in [1.807, 2.05) is 30.3 Å². The molecule has 0 saturated carbocycles. The Kier molecular flexibility index (Phi) is 12.1. The molecule has 1 heterocycles. The van der Waals surface area contributed by atoms with Crippen LogP contribution in [0.3, 0.4) is 0 Å². The normalized spacial score (nSPS) is 14.8. The van der Waals surface area contributed by atoms with Crippen molar-refractivity contribution < 1.29 is 14.3 Å². The standard InChI is InChI=1S/C30H44N2O3/c1-26(2)32-20-18-31(19-21-32)24-28-15-12-16-29(23-28)34-22-11-6-4-3-5-10-17-30(33)35-25-27-13-8-7-9-14-27/h7-9,12-16,23,26H,3-6,10-11,17-22,24-25H2,1-2H3. The molecule has 0 aliphatic carbocycles. The lowest BCUT2D eigenvalue weighted by Crippen LogP contribution is -2.48. The van der Waals surface area contributed by atoms with Crippen LogP contribution in [0.4, 0.5) is 0 Å². The summed E-state index contributed by atoms with van der Waals surface area (Å²) in [5.41, 5.74) is 2.37. The summed E-state index contributed by atoms with van der Waals surface area (Å²) in [7, 11) is 0. The van der Waals surface area contributed by atoms with Crippen LogP contribution in [-0.4, -0.2) is 54.6 Å². The summed E-state index contributed by atoms with van der Waals surface area (Å²) in [6.07, 6.45) is 7.08. The molecule has 1 fully saturated rings. The maximum Gasteiger partial charge on any atom is 0.306 e. The molecule has 0 atom stereocenters. The minimum absolute atomic E-state index is 0.0951. The molecule has 5 nitrogen and oxygen atoms in total. The number of benzene rings is 2. The van der Waals surface area contributed by atoms with Crippen molar-refractivity contribution in [3.8, 4) is 5.75 Å². The van der Waals surface area contributed by atoms with Crippen molar-refractivity contribution in [2.24, 2.45) is 0 Å². The van der Waals surface area contributed by atoms with E-state index in [2.05, 4.69) is 47.9 Å². The first-order chi connectivity index (χ1) is 17.1. The number of hydrogen-bond donors (Lipinski definition) is 0. The average Bonchev–Trinajstić information content (AvgIpc) is 2.87. The van der Waals surface area contributed by atoms with E-state index in [9.17, 15) is 4.79 Å². The summed E-state index contributed by atoms with van der Waals surface area (Å²) in [5.74, 6) is 0.889. The minimum Gasteiger partial charge on any atom is -0.494 e. The van der Waals surface area contributed by atoms with Crippen LogP contribution in [0, 0.1) is 0 Å². The van der Waals surface area contributed by atoms with E-state index in [1.54, 1.807) is 0 Å². The molecule has 2 aromatic carbocycles. The van der Waals surface area contributed by atoms with Crippen molar-refractivity contribution in [1.29, 1.82) is 0 Å². The number of carbonyl (C=O) groups is 1. The van der Waals surface area contributed by atoms with Crippen molar-refractivity contribution in [2.45, 2.75) is 78.0 Å². The molecule has 0 radical (unpaired) electrons. The van der Waals surface area contributed by atoms with Crippen LogP contribution >= 0.6 is 0 Å². The van der Waals surface area contributed by atoms with Gasteiger partial charge in [-0.25, -0.2) is 0 Å². The van der Waals surface area contributed by atoms with Gasteiger partial charge >= 0.3 is 5.97 Å². The van der Waals surface area contributed by atoms with Crippen LogP contribution in [0.5, 0.6) is 5.75 Å². The van der Waals surface area contributed by atoms with E-state index >= 15 is 0 Å². The Bertz CT molecular complexity index is 848. The highest BCUT2D eigenvalue weighted by Crippen LogP contribution is 2.17. The van der Waals surface area contributed by atoms with Gasteiger partial charge in [0, 0.05) is 45.2 Å². The molecule has 0 bridgehead atoms. The average molecular weight is 481 g/mol. The van der Waals surface area contributed by atoms with Gasteiger partial charge in [0.15, 0.2) is 0 Å². The number of unbranched alkanes of at least 4 members (excludes halogenated alkanes) is 5. The fourth-order valence-electron chi connectivity index (χ4n) is 4.51. The molecular formula is C30H44N2O3. The molecule has 0 spiro atoms. The fraction of sp³-hybridized carbons (Fsp3) is 0.567. The Morgan fingerprint density at radius 3 is 2.26 bits per heavy atom. The molecule has 35 heavy (non-hydrogen) atoms. The largest absolute Gasteiger partial charge is 0.494 e. The summed E-state index contributed by atoms with van der Waals surface area (Å²) >= 11 is 0. The zero-order valence-electron chi connectivity index (χ0n) is 21.8. The lowest BCUT2D eigenvalue weighted by molar-refractivity contribution is -0.145. The van der Waals surface area contributed by atoms with Crippen LogP contribution in [0.1, 0.15) is 69.9 Å². The number of rotatable bonds is 15. The summed E-state index contributed by atoms with van der Waals surface area (Å²) in [5, 5.41) is 0. The van der Waals surface area contributed by atoms with Crippen molar-refractivity contribution in [2.75, 3.05) is 32.8 Å². The van der Waals surface area contributed by atoms with E-state index < -0.39 is 0 Å². The van der Waals surface area contributed by atoms with Gasteiger partial charge in [0.05, 0.1) is 6.61 Å². The van der Waals surface area contributed by atoms with Gasteiger partial charge in [-0.3, -0.25) is 14.6 Å². The number of hydrogen-bond acceptors (Lipinski definition) is 5. The van der Waals surface area contributed by atoms with Crippen LogP contribution < -0.4 is 4.74 Å². The molecule has 3 rings (SSSR count). The van der Waals surface area contributed by atoms with Crippen molar-refractivity contribution in [1.82, 2.24) is 9.80 Å². The minimum atomic E-state index is -0.0951. The smallest absolute Gasteiger partial charge is 0.306 e. The maximum atomic E-state index is 11.9. The quantitative estimate of drug-likeness (QED) is 0.229. The maximum absolute atomic E-state index is 11.9. The van der Waals surface area contributed by atoms with Crippen LogP contribution in [-0.2, 0) is 22.7 Å². The number of esters is 1. The highest BCUT2D eigenvalue weighted by molar-refractivity contribution is 5.69. The Labute approximate surface area is 212 Å². The molecule has 1 aliphatic rings. The third-order valence-corrected chi connectivity index (χ3v) is 6.73. The Hall–Kier alpha value is -2.37. The second kappa shape index (κ2) is 15.6. The number of carbonyl (C=O) groups excluding carboxylic acids is 1. The van der Waals surface area contributed by atoms with Crippen LogP contribution in [0.2, 0.25) is 0 Å². The molecule has 0 amide bonds. The molecular weight excluding hydrogens is 436 g/mol. The van der Waals surface area contributed by atoms with E-state index in [1.165, 1.54) is 12.0 Å². The predicted octanol–water partition coefficient (Wildman–Crippen LogP) is 6.07. The topological polar surface area (TPSA) is 42.0 Å². The number of ether oxygens (including phenoxy) is 2. The van der Waals surface area contributed by atoms with Gasteiger partial charge < -0.3 is 9.47 Å². The lowest BCUT2D eigenvalue weighted by atomic mass is 10.1. The molecule has 0 aromatic heterocycles. The van der Waals surface area contributed by atoms with Crippen LogP contribution in [0.25, 0.3) is 0 Å². The van der Waals surface area contributed by atoms with E-state index in [-0.39, 0.29) is 5.97 Å². The molecule has 1 saturated heterocycles. The summed E-state index contributed by atoms with van der Waals surface area (Å²) in [6, 6.07) is 19.1. The highest BCUT2D eigenvalue weighted by atomic mass is 16.5. The second-order valence-corrected chi connectivity index (χ2v) is 9.92. The van der Waals surface area contributed by atoms with Gasteiger partial charge in [-0.1, -0.05) is 68.1 Å². The number of piperazine rings is 1. The third kappa shape index (κ3) is 10.8. The first-order valence-electron chi connectivity index (χ1n) is 13.5.